The number of phosphoric acid groups is 2. The Hall–Kier alpha value is -2.25. The lowest BCUT2D eigenvalue weighted by molar-refractivity contribution is -0.161. The summed E-state index contributed by atoms with van der Waals surface area (Å²) in [5, 5.41) is 9.72. The van der Waals surface area contributed by atoms with Crippen molar-refractivity contribution in [1.29, 1.82) is 0 Å². The summed E-state index contributed by atoms with van der Waals surface area (Å²) in [4.78, 5) is 64.7. The smallest absolute Gasteiger partial charge is 0.462 e. The molecule has 4 N–H and O–H groups in total. The second-order valence-electron chi connectivity index (χ2n) is 14.2. The van der Waals surface area contributed by atoms with Crippen LogP contribution in [0, 0.1) is 5.92 Å². The standard InChI is InChI=1S/C41H72O14P2/c1-4-6-7-8-9-10-11-12-13-14-18-21-24-28-37(42)29-26-31-40(44)51-34-39(35-54-57(49,50)53-33-38(43)32-52-56(46,47)48)55-41(45)30-25-22-19-16-15-17-20-23-27-36(3)5-2/h9-10,12-13,18,21,24,28,36,38-39,43H,4-8,11,14-17,19-20,22-23,25-27,29-35H2,1-3H3,(H,49,50)(H2,46,47,48)/b10-9-,13-12-,21-18-,28-24+/t36?,38-,39+/m0/s1. The lowest BCUT2D eigenvalue weighted by Gasteiger charge is -2.20. The Morgan fingerprint density at radius 3 is 1.89 bits per heavy atom. The summed E-state index contributed by atoms with van der Waals surface area (Å²) in [6.07, 6.45) is 29.9. The van der Waals surface area contributed by atoms with E-state index in [0.717, 1.165) is 50.9 Å². The van der Waals surface area contributed by atoms with Crippen LogP contribution in [0.4, 0.5) is 0 Å². The van der Waals surface area contributed by atoms with Crippen LogP contribution in [-0.4, -0.2) is 76.1 Å². The van der Waals surface area contributed by atoms with Gasteiger partial charge in [0.2, 0.25) is 0 Å². The van der Waals surface area contributed by atoms with Crippen LogP contribution < -0.4 is 0 Å². The highest BCUT2D eigenvalue weighted by Crippen LogP contribution is 2.43. The normalized spacial score (nSPS) is 15.1. The summed E-state index contributed by atoms with van der Waals surface area (Å²) in [6.45, 7) is 3.72. The zero-order valence-electron chi connectivity index (χ0n) is 34.6. The molecule has 57 heavy (non-hydrogen) atoms. The molecular formula is C41H72O14P2. The number of aliphatic hydroxyl groups excluding tert-OH is 1. The molecule has 2 unspecified atom stereocenters. The zero-order valence-corrected chi connectivity index (χ0v) is 36.4. The number of unbranched alkanes of at least 4 members (excludes halogenated alkanes) is 10. The Balaban J connectivity index is 4.75. The van der Waals surface area contributed by atoms with Crippen LogP contribution in [0.15, 0.2) is 48.6 Å². The highest BCUT2D eigenvalue weighted by molar-refractivity contribution is 7.47. The number of phosphoric ester groups is 2. The van der Waals surface area contributed by atoms with E-state index in [1.165, 1.54) is 57.4 Å². The third kappa shape index (κ3) is 39.0. The molecule has 330 valence electrons. The predicted molar refractivity (Wildman–Crippen MR) is 221 cm³/mol. The van der Waals surface area contributed by atoms with Crippen molar-refractivity contribution in [3.63, 3.8) is 0 Å². The summed E-state index contributed by atoms with van der Waals surface area (Å²) in [6, 6.07) is 0. The van der Waals surface area contributed by atoms with Gasteiger partial charge in [-0.3, -0.25) is 28.0 Å². The molecule has 0 bridgehead atoms. The molecule has 0 rings (SSSR count). The topological polar surface area (TPSA) is 212 Å². The first-order valence-corrected chi connectivity index (χ1v) is 23.7. The lowest BCUT2D eigenvalue weighted by atomic mass is 9.99. The van der Waals surface area contributed by atoms with Crippen LogP contribution in [0.1, 0.15) is 149 Å². The molecule has 0 fully saturated rings. The van der Waals surface area contributed by atoms with Crippen molar-refractivity contribution in [2.75, 3.05) is 26.4 Å². The number of hydrogen-bond donors (Lipinski definition) is 4. The molecule has 0 aliphatic rings. The van der Waals surface area contributed by atoms with E-state index in [-0.39, 0.29) is 31.5 Å². The number of hydrogen-bond acceptors (Lipinski definition) is 11. The van der Waals surface area contributed by atoms with Crippen LogP contribution in [0.5, 0.6) is 0 Å². The van der Waals surface area contributed by atoms with Gasteiger partial charge in [0.25, 0.3) is 0 Å². The van der Waals surface area contributed by atoms with Crippen molar-refractivity contribution in [1.82, 2.24) is 0 Å². The maximum absolute atomic E-state index is 12.6. The third-order valence-electron chi connectivity index (χ3n) is 8.73. The Bertz CT molecular complexity index is 1280. The number of allylic oxidation sites excluding steroid dienone is 8. The molecular weight excluding hydrogens is 778 g/mol. The first-order chi connectivity index (χ1) is 27.2. The third-order valence-corrected chi connectivity index (χ3v) is 10.2. The number of carbonyl (C=O) groups excluding carboxylic acids is 3. The van der Waals surface area contributed by atoms with Gasteiger partial charge in [-0.05, 0) is 50.5 Å². The molecule has 0 amide bonds. The first kappa shape index (κ1) is 54.8. The van der Waals surface area contributed by atoms with Gasteiger partial charge in [-0.15, -0.1) is 0 Å². The molecule has 0 aromatic carbocycles. The highest BCUT2D eigenvalue weighted by atomic mass is 31.2. The first-order valence-electron chi connectivity index (χ1n) is 20.7. The number of ether oxygens (including phenoxy) is 2. The minimum Gasteiger partial charge on any atom is -0.462 e. The summed E-state index contributed by atoms with van der Waals surface area (Å²) >= 11 is 0. The maximum Gasteiger partial charge on any atom is 0.472 e. The Labute approximate surface area is 341 Å². The minimum atomic E-state index is -4.88. The van der Waals surface area contributed by atoms with Crippen LogP contribution in [0.25, 0.3) is 0 Å². The minimum absolute atomic E-state index is 0.0801. The van der Waals surface area contributed by atoms with Gasteiger partial charge in [-0.25, -0.2) is 9.13 Å². The van der Waals surface area contributed by atoms with Crippen LogP contribution in [0.2, 0.25) is 0 Å². The Morgan fingerprint density at radius 1 is 0.632 bits per heavy atom. The number of rotatable bonds is 38. The predicted octanol–water partition coefficient (Wildman–Crippen LogP) is 9.32. The van der Waals surface area contributed by atoms with Gasteiger partial charge >= 0.3 is 27.6 Å². The van der Waals surface area contributed by atoms with Crippen molar-refractivity contribution in [2.45, 2.75) is 161 Å². The van der Waals surface area contributed by atoms with Crippen LogP contribution >= 0.6 is 15.6 Å². The quantitative estimate of drug-likeness (QED) is 0.0114. The van der Waals surface area contributed by atoms with E-state index in [4.69, 9.17) is 23.8 Å². The average Bonchev–Trinajstić information content (AvgIpc) is 3.16. The highest BCUT2D eigenvalue weighted by Gasteiger charge is 2.28. The fourth-order valence-corrected chi connectivity index (χ4v) is 6.31. The molecule has 0 aromatic rings. The largest absolute Gasteiger partial charge is 0.472 e. The molecule has 14 nitrogen and oxygen atoms in total. The fraction of sp³-hybridized carbons (Fsp3) is 0.732. The van der Waals surface area contributed by atoms with Gasteiger partial charge in [0.05, 0.1) is 19.8 Å². The molecule has 0 aliphatic heterocycles. The van der Waals surface area contributed by atoms with Gasteiger partial charge in [-0.1, -0.05) is 134 Å². The van der Waals surface area contributed by atoms with Crippen molar-refractivity contribution < 1.29 is 66.3 Å². The summed E-state index contributed by atoms with van der Waals surface area (Å²) in [5.74, 6) is -0.679. The van der Waals surface area contributed by atoms with Crippen molar-refractivity contribution in [3.8, 4) is 0 Å². The zero-order chi connectivity index (χ0) is 42.6. The van der Waals surface area contributed by atoms with E-state index in [0.29, 0.717) is 6.42 Å². The van der Waals surface area contributed by atoms with E-state index in [1.807, 2.05) is 6.08 Å². The lowest BCUT2D eigenvalue weighted by Crippen LogP contribution is -2.30. The Kier molecular flexibility index (Phi) is 34.3. The second-order valence-corrected chi connectivity index (χ2v) is 16.9. The van der Waals surface area contributed by atoms with Gasteiger partial charge in [0, 0.05) is 19.3 Å². The number of aliphatic hydroxyl groups is 1. The van der Waals surface area contributed by atoms with Crippen LogP contribution in [0.3, 0.4) is 0 Å². The summed E-state index contributed by atoms with van der Waals surface area (Å²) < 4.78 is 47.5. The summed E-state index contributed by atoms with van der Waals surface area (Å²) in [7, 11) is -9.74. The second kappa shape index (κ2) is 35.7. The SMILES string of the molecule is CCCCC/C=C\C/C=C\C/C=C\C=C\C(=O)CCCC(=O)OC[C@H](COP(=O)(O)OC[C@@H](O)COP(=O)(O)O)OC(=O)CCCCCCCCCCC(C)CC. The molecule has 0 aromatic heterocycles. The fourth-order valence-electron chi connectivity index (χ4n) is 5.16. The van der Waals surface area contributed by atoms with Gasteiger partial charge < -0.3 is 29.3 Å². The van der Waals surface area contributed by atoms with Gasteiger partial charge in [0.1, 0.15) is 12.7 Å². The molecule has 0 saturated heterocycles. The number of esters is 2. The number of ketones is 1. The van der Waals surface area contributed by atoms with E-state index < -0.39 is 66.2 Å². The summed E-state index contributed by atoms with van der Waals surface area (Å²) in [5.41, 5.74) is 0. The molecule has 0 radical (unpaired) electrons. The maximum atomic E-state index is 12.6. The monoisotopic (exact) mass is 850 g/mol. The van der Waals surface area contributed by atoms with E-state index in [2.05, 4.69) is 54.1 Å². The molecule has 0 heterocycles. The van der Waals surface area contributed by atoms with Crippen LogP contribution in [-0.2, 0) is 46.6 Å². The molecule has 0 saturated carbocycles. The average molecular weight is 851 g/mol. The Morgan fingerprint density at radius 2 is 1.23 bits per heavy atom. The molecule has 16 heteroatoms. The van der Waals surface area contributed by atoms with E-state index in [1.54, 1.807) is 12.2 Å². The molecule has 0 aliphatic carbocycles. The van der Waals surface area contributed by atoms with E-state index >= 15 is 0 Å². The van der Waals surface area contributed by atoms with Crippen molar-refractivity contribution in [3.05, 3.63) is 48.6 Å². The van der Waals surface area contributed by atoms with E-state index in [9.17, 15) is 33.5 Å². The molecule has 0 spiro atoms. The number of carbonyl (C=O) groups is 3. The molecule has 4 atom stereocenters. The van der Waals surface area contributed by atoms with Crippen molar-refractivity contribution >= 4 is 33.4 Å². The van der Waals surface area contributed by atoms with Gasteiger partial charge in [-0.2, -0.15) is 0 Å². The van der Waals surface area contributed by atoms with Gasteiger partial charge in [0.15, 0.2) is 11.9 Å². The van der Waals surface area contributed by atoms with Crippen molar-refractivity contribution in [2.24, 2.45) is 5.92 Å².